The molecule has 0 unspecified atom stereocenters. The van der Waals surface area contributed by atoms with Gasteiger partial charge in [-0.15, -0.1) is 5.10 Å². The zero-order chi connectivity index (χ0) is 15.3. The second kappa shape index (κ2) is 4.98. The lowest BCUT2D eigenvalue weighted by atomic mass is 10.1. The van der Waals surface area contributed by atoms with Crippen molar-refractivity contribution in [3.63, 3.8) is 0 Å². The van der Waals surface area contributed by atoms with Crippen LogP contribution in [0.15, 0.2) is 6.33 Å². The number of nitrogens with two attached hydrogens (primary N) is 1. The highest BCUT2D eigenvalue weighted by molar-refractivity contribution is 5.88. The summed E-state index contributed by atoms with van der Waals surface area (Å²) in [6, 6.07) is 0. The highest BCUT2D eigenvalue weighted by atomic mass is 16.8. The summed E-state index contributed by atoms with van der Waals surface area (Å²) in [4.78, 5) is 15.0. The fourth-order valence-electron chi connectivity index (χ4n) is 3.52. The monoisotopic (exact) mass is 310 g/mol. The molecule has 3 heterocycles. The Balaban J connectivity index is 1.61. The second-order valence-electron chi connectivity index (χ2n) is 5.94. The van der Waals surface area contributed by atoms with Gasteiger partial charge in [-0.2, -0.15) is 0 Å². The Bertz CT molecular complexity index is 585. The number of aromatic nitrogens is 3. The maximum atomic E-state index is 11.1. The van der Waals surface area contributed by atoms with Gasteiger partial charge in [0.1, 0.15) is 24.6 Å². The van der Waals surface area contributed by atoms with Crippen molar-refractivity contribution in [2.75, 3.05) is 6.61 Å². The summed E-state index contributed by atoms with van der Waals surface area (Å²) in [5.41, 5.74) is 5.17. The maximum Gasteiger partial charge on any atom is 0.288 e. The third kappa shape index (κ3) is 2.04. The van der Waals surface area contributed by atoms with E-state index in [4.69, 9.17) is 19.9 Å². The molecule has 1 aliphatic carbocycles. The van der Waals surface area contributed by atoms with E-state index >= 15 is 0 Å². The van der Waals surface area contributed by atoms with Crippen LogP contribution in [-0.4, -0.2) is 56.5 Å². The highest BCUT2D eigenvalue weighted by Gasteiger charge is 2.59. The van der Waals surface area contributed by atoms with Crippen molar-refractivity contribution < 1.29 is 24.1 Å². The van der Waals surface area contributed by atoms with Gasteiger partial charge in [0.15, 0.2) is 12.0 Å². The number of nitrogens with zero attached hydrogens (tertiary/aromatic N) is 3. The van der Waals surface area contributed by atoms with E-state index in [0.717, 1.165) is 25.7 Å². The van der Waals surface area contributed by atoms with E-state index in [9.17, 15) is 9.90 Å². The van der Waals surface area contributed by atoms with Gasteiger partial charge in [0, 0.05) is 12.8 Å². The quantitative estimate of drug-likeness (QED) is 0.758. The first-order valence-electron chi connectivity index (χ1n) is 7.45. The number of rotatable bonds is 3. The fourth-order valence-corrected chi connectivity index (χ4v) is 3.52. The van der Waals surface area contributed by atoms with Crippen molar-refractivity contribution in [1.82, 2.24) is 14.8 Å². The van der Waals surface area contributed by atoms with Crippen LogP contribution in [-0.2, 0) is 14.2 Å². The summed E-state index contributed by atoms with van der Waals surface area (Å²) < 4.78 is 19.4. The Labute approximate surface area is 126 Å². The molecule has 0 bridgehead atoms. The molecule has 4 rings (SSSR count). The van der Waals surface area contributed by atoms with Gasteiger partial charge in [-0.25, -0.2) is 9.67 Å². The number of primary amides is 1. The van der Waals surface area contributed by atoms with Crippen LogP contribution in [0.2, 0.25) is 0 Å². The van der Waals surface area contributed by atoms with Gasteiger partial charge >= 0.3 is 0 Å². The minimum Gasteiger partial charge on any atom is -0.394 e. The first-order chi connectivity index (χ1) is 10.6. The lowest BCUT2D eigenvalue weighted by molar-refractivity contribution is -0.217. The molecule has 3 aliphatic rings. The maximum absolute atomic E-state index is 11.1. The molecule has 1 aromatic rings. The van der Waals surface area contributed by atoms with E-state index in [0.29, 0.717) is 0 Å². The Kier molecular flexibility index (Phi) is 3.19. The van der Waals surface area contributed by atoms with Gasteiger partial charge in [-0.1, -0.05) is 0 Å². The Hall–Kier alpha value is -1.55. The molecule has 0 aromatic carbocycles. The number of fused-ring (bicyclic) bond motifs is 1. The Morgan fingerprint density at radius 3 is 2.77 bits per heavy atom. The van der Waals surface area contributed by atoms with Crippen LogP contribution in [0, 0.1) is 0 Å². The molecule has 120 valence electrons. The molecule has 0 radical (unpaired) electrons. The van der Waals surface area contributed by atoms with Crippen molar-refractivity contribution in [3.05, 3.63) is 12.2 Å². The van der Waals surface area contributed by atoms with Crippen LogP contribution >= 0.6 is 0 Å². The highest BCUT2D eigenvalue weighted by Crippen LogP contribution is 2.48. The van der Waals surface area contributed by atoms with E-state index in [2.05, 4.69) is 10.1 Å². The number of aliphatic hydroxyl groups excluding tert-OH is 1. The fraction of sp³-hybridized carbons (Fsp3) is 0.769. The van der Waals surface area contributed by atoms with Gasteiger partial charge < -0.3 is 25.1 Å². The third-order valence-electron chi connectivity index (χ3n) is 4.52. The van der Waals surface area contributed by atoms with E-state index in [1.54, 1.807) is 0 Å². The number of carbonyl (C=O) groups is 1. The number of amides is 1. The van der Waals surface area contributed by atoms with Gasteiger partial charge in [0.05, 0.1) is 6.61 Å². The largest absolute Gasteiger partial charge is 0.394 e. The molecular weight excluding hydrogens is 292 g/mol. The molecule has 3 fully saturated rings. The van der Waals surface area contributed by atoms with Crippen molar-refractivity contribution in [2.24, 2.45) is 5.73 Å². The zero-order valence-electron chi connectivity index (χ0n) is 11.9. The van der Waals surface area contributed by atoms with Crippen molar-refractivity contribution in [1.29, 1.82) is 0 Å². The average Bonchev–Trinajstić information content (AvgIpc) is 3.24. The van der Waals surface area contributed by atoms with Gasteiger partial charge in [0.25, 0.3) is 5.91 Å². The molecular formula is C13H18N4O5. The van der Waals surface area contributed by atoms with Gasteiger partial charge in [-0.3, -0.25) is 4.79 Å². The number of hydrogen-bond donors (Lipinski definition) is 2. The first-order valence-corrected chi connectivity index (χ1v) is 7.45. The van der Waals surface area contributed by atoms with Crippen LogP contribution in [0.5, 0.6) is 0 Å². The van der Waals surface area contributed by atoms with E-state index in [1.807, 2.05) is 0 Å². The van der Waals surface area contributed by atoms with Crippen LogP contribution in [0.4, 0.5) is 0 Å². The van der Waals surface area contributed by atoms with Crippen molar-refractivity contribution in [3.8, 4) is 0 Å². The molecule has 1 saturated carbocycles. The summed E-state index contributed by atoms with van der Waals surface area (Å²) in [7, 11) is 0. The molecule has 4 atom stereocenters. The molecule has 9 heteroatoms. The number of aliphatic hydroxyl groups is 1. The molecule has 2 saturated heterocycles. The second-order valence-corrected chi connectivity index (χ2v) is 5.94. The summed E-state index contributed by atoms with van der Waals surface area (Å²) in [6.45, 7) is -0.172. The lowest BCUT2D eigenvalue weighted by Crippen LogP contribution is -2.33. The Morgan fingerprint density at radius 1 is 1.41 bits per heavy atom. The lowest BCUT2D eigenvalue weighted by Gasteiger charge is -2.26. The molecule has 2 aliphatic heterocycles. The van der Waals surface area contributed by atoms with E-state index in [1.165, 1.54) is 11.0 Å². The molecule has 1 aromatic heterocycles. The number of ether oxygens (including phenoxy) is 3. The molecule has 22 heavy (non-hydrogen) atoms. The predicted octanol–water partition coefficient (Wildman–Crippen LogP) is -0.679. The molecule has 9 nitrogen and oxygen atoms in total. The van der Waals surface area contributed by atoms with Gasteiger partial charge in [-0.05, 0) is 12.8 Å². The normalized spacial score (nSPS) is 36.0. The zero-order valence-corrected chi connectivity index (χ0v) is 11.9. The van der Waals surface area contributed by atoms with Crippen LogP contribution in [0.1, 0.15) is 42.5 Å². The standard InChI is InChI=1S/C13H18N4O5/c14-10(19)11-15-6-17(16-11)12-9-8(7(5-18)20-12)21-13(22-9)3-1-2-4-13/h6-9,12,18H,1-5H2,(H2,14,19)/t7-,8-,9-,12-/m1/s1. The van der Waals surface area contributed by atoms with Gasteiger partial charge in [0.2, 0.25) is 5.82 Å². The molecule has 1 amide bonds. The number of carbonyl (C=O) groups excluding carboxylic acids is 1. The predicted molar refractivity (Wildman–Crippen MR) is 70.5 cm³/mol. The SMILES string of the molecule is NC(=O)c1ncn([C@@H]2O[C@H](CO)[C@H]3OC4(CCCC4)O[C@H]32)n1. The minimum absolute atomic E-state index is 0.0814. The molecule has 1 spiro atoms. The summed E-state index contributed by atoms with van der Waals surface area (Å²) in [6.07, 6.45) is 3.35. The first kappa shape index (κ1) is 14.1. The average molecular weight is 310 g/mol. The summed E-state index contributed by atoms with van der Waals surface area (Å²) in [5.74, 6) is -1.36. The Morgan fingerprint density at radius 2 is 2.14 bits per heavy atom. The third-order valence-corrected chi connectivity index (χ3v) is 4.52. The van der Waals surface area contributed by atoms with Crippen molar-refractivity contribution >= 4 is 5.91 Å². The van der Waals surface area contributed by atoms with Crippen LogP contribution < -0.4 is 5.73 Å². The number of hydrogen-bond acceptors (Lipinski definition) is 7. The summed E-state index contributed by atoms with van der Waals surface area (Å²) >= 11 is 0. The van der Waals surface area contributed by atoms with Crippen LogP contribution in [0.25, 0.3) is 0 Å². The van der Waals surface area contributed by atoms with E-state index < -0.39 is 30.1 Å². The minimum atomic E-state index is -0.706. The topological polar surface area (TPSA) is 122 Å². The summed E-state index contributed by atoms with van der Waals surface area (Å²) in [5, 5.41) is 13.5. The smallest absolute Gasteiger partial charge is 0.288 e. The van der Waals surface area contributed by atoms with Crippen molar-refractivity contribution in [2.45, 2.75) is 56.0 Å². The van der Waals surface area contributed by atoms with Crippen LogP contribution in [0.3, 0.4) is 0 Å². The molecule has 3 N–H and O–H groups in total. The van der Waals surface area contributed by atoms with E-state index in [-0.39, 0.29) is 18.5 Å².